The van der Waals surface area contributed by atoms with Crippen molar-refractivity contribution in [3.05, 3.63) is 35.6 Å². The van der Waals surface area contributed by atoms with E-state index in [0.29, 0.717) is 0 Å². The van der Waals surface area contributed by atoms with Gasteiger partial charge in [0.2, 0.25) is 0 Å². The van der Waals surface area contributed by atoms with E-state index in [1.165, 1.54) is 17.0 Å². The highest BCUT2D eigenvalue weighted by molar-refractivity contribution is 5.89. The number of esters is 1. The van der Waals surface area contributed by atoms with E-state index in [0.717, 1.165) is 19.6 Å². The molecule has 18 heavy (non-hydrogen) atoms. The first-order valence-corrected chi connectivity index (χ1v) is 6.37. The van der Waals surface area contributed by atoms with Crippen LogP contribution in [0.3, 0.4) is 0 Å². The lowest BCUT2D eigenvalue weighted by molar-refractivity contribution is -0.899. The van der Waals surface area contributed by atoms with Crippen LogP contribution in [0.1, 0.15) is 31.1 Å². The fraction of sp³-hybridized carbons (Fsp3) is 0.500. The van der Waals surface area contributed by atoms with Gasteiger partial charge in [-0.05, 0) is 32.9 Å². The van der Waals surface area contributed by atoms with Gasteiger partial charge in [0, 0.05) is 0 Å². The van der Waals surface area contributed by atoms with E-state index in [-0.39, 0.29) is 11.7 Å². The maximum Gasteiger partial charge on any atom is 0.341 e. The summed E-state index contributed by atoms with van der Waals surface area (Å²) in [7, 11) is 0. The van der Waals surface area contributed by atoms with E-state index in [9.17, 15) is 9.18 Å². The first-order valence-electron chi connectivity index (χ1n) is 6.37. The van der Waals surface area contributed by atoms with Crippen molar-refractivity contribution in [1.82, 2.24) is 0 Å². The molecule has 1 atom stereocenters. The molecule has 1 aromatic rings. The van der Waals surface area contributed by atoms with Gasteiger partial charge < -0.3 is 9.64 Å². The first-order chi connectivity index (χ1) is 8.58. The Morgan fingerprint density at radius 1 is 1.33 bits per heavy atom. The van der Waals surface area contributed by atoms with Gasteiger partial charge in [-0.15, -0.1) is 0 Å². The van der Waals surface area contributed by atoms with Crippen LogP contribution in [0.5, 0.6) is 0 Å². The number of benzene rings is 1. The third-order valence-corrected chi connectivity index (χ3v) is 2.98. The van der Waals surface area contributed by atoms with Gasteiger partial charge in [-0.3, -0.25) is 0 Å². The minimum Gasteiger partial charge on any atom is -0.453 e. The van der Waals surface area contributed by atoms with Gasteiger partial charge in [0.25, 0.3) is 0 Å². The summed E-state index contributed by atoms with van der Waals surface area (Å²) in [5.41, 5.74) is -0.00102. The molecule has 0 spiro atoms. The summed E-state index contributed by atoms with van der Waals surface area (Å²) in [5, 5.41) is 0. The van der Waals surface area contributed by atoms with E-state index in [1.54, 1.807) is 12.1 Å². The summed E-state index contributed by atoms with van der Waals surface area (Å²) in [6.45, 7) is 8.72. The van der Waals surface area contributed by atoms with Gasteiger partial charge >= 0.3 is 5.97 Å². The number of quaternary nitrogens is 1. The molecule has 0 saturated heterocycles. The van der Waals surface area contributed by atoms with Crippen molar-refractivity contribution in [1.29, 1.82) is 0 Å². The fourth-order valence-corrected chi connectivity index (χ4v) is 1.86. The van der Waals surface area contributed by atoms with Crippen molar-refractivity contribution in [2.75, 3.05) is 19.6 Å². The molecule has 0 heterocycles. The van der Waals surface area contributed by atoms with Crippen LogP contribution in [0.2, 0.25) is 0 Å². The van der Waals surface area contributed by atoms with E-state index < -0.39 is 11.8 Å². The average molecular weight is 254 g/mol. The van der Waals surface area contributed by atoms with Crippen LogP contribution in [0, 0.1) is 5.82 Å². The second-order valence-electron chi connectivity index (χ2n) is 4.36. The Balaban J connectivity index is 2.57. The summed E-state index contributed by atoms with van der Waals surface area (Å²) < 4.78 is 18.6. The number of rotatable bonds is 6. The topological polar surface area (TPSA) is 30.7 Å². The lowest BCUT2D eigenvalue weighted by Crippen LogP contribution is -3.12. The largest absolute Gasteiger partial charge is 0.453 e. The van der Waals surface area contributed by atoms with E-state index in [1.807, 2.05) is 6.92 Å². The van der Waals surface area contributed by atoms with Crippen LogP contribution in [-0.2, 0) is 4.74 Å². The number of ether oxygens (including phenoxy) is 1. The minimum absolute atomic E-state index is 0.00102. The van der Waals surface area contributed by atoms with Crippen molar-refractivity contribution in [2.24, 2.45) is 0 Å². The van der Waals surface area contributed by atoms with E-state index in [2.05, 4.69) is 13.8 Å². The van der Waals surface area contributed by atoms with E-state index >= 15 is 0 Å². The fourth-order valence-electron chi connectivity index (χ4n) is 1.86. The van der Waals surface area contributed by atoms with E-state index in [4.69, 9.17) is 4.74 Å². The molecular weight excluding hydrogens is 233 g/mol. The number of likely N-dealkylation sites (N-methyl/N-ethyl adjacent to an activating group) is 1. The second-order valence-corrected chi connectivity index (χ2v) is 4.36. The van der Waals surface area contributed by atoms with Gasteiger partial charge in [0.05, 0.1) is 18.7 Å². The lowest BCUT2D eigenvalue weighted by Gasteiger charge is -2.20. The molecule has 0 aliphatic rings. The van der Waals surface area contributed by atoms with Crippen LogP contribution in [0.4, 0.5) is 4.39 Å². The summed E-state index contributed by atoms with van der Waals surface area (Å²) in [6.07, 6.45) is -0.216. The molecule has 0 aromatic heterocycles. The number of hydrogen-bond donors (Lipinski definition) is 1. The molecule has 0 amide bonds. The highest BCUT2D eigenvalue weighted by Crippen LogP contribution is 2.08. The predicted molar refractivity (Wildman–Crippen MR) is 68.2 cm³/mol. The predicted octanol–water partition coefficient (Wildman–Crippen LogP) is 1.30. The van der Waals surface area contributed by atoms with Crippen molar-refractivity contribution in [3.8, 4) is 0 Å². The van der Waals surface area contributed by atoms with Crippen molar-refractivity contribution in [2.45, 2.75) is 26.9 Å². The zero-order chi connectivity index (χ0) is 13.5. The first kappa shape index (κ1) is 14.6. The molecular formula is C14H21FNO2+. The summed E-state index contributed by atoms with van der Waals surface area (Å²) in [4.78, 5) is 13.1. The Morgan fingerprint density at radius 2 is 1.94 bits per heavy atom. The van der Waals surface area contributed by atoms with Gasteiger partial charge in [-0.25, -0.2) is 9.18 Å². The minimum atomic E-state index is -0.591. The zero-order valence-electron chi connectivity index (χ0n) is 11.2. The molecule has 0 bridgehead atoms. The average Bonchev–Trinajstić information content (AvgIpc) is 2.36. The molecule has 1 aromatic carbocycles. The van der Waals surface area contributed by atoms with Crippen molar-refractivity contribution in [3.63, 3.8) is 0 Å². The molecule has 4 heteroatoms. The molecule has 100 valence electrons. The lowest BCUT2D eigenvalue weighted by atomic mass is 10.2. The van der Waals surface area contributed by atoms with Crippen molar-refractivity contribution >= 4 is 5.97 Å². The number of nitrogens with one attached hydrogen (secondary N) is 1. The number of carbonyl (C=O) groups excluding carboxylic acids is 1. The Bertz CT molecular complexity index is 391. The van der Waals surface area contributed by atoms with Crippen LogP contribution in [-0.4, -0.2) is 31.7 Å². The molecule has 0 fully saturated rings. The van der Waals surface area contributed by atoms with Gasteiger partial charge in [0.15, 0.2) is 0 Å². The summed E-state index contributed by atoms with van der Waals surface area (Å²) in [5.74, 6) is -1.13. The van der Waals surface area contributed by atoms with Crippen LogP contribution < -0.4 is 4.90 Å². The molecule has 0 aliphatic carbocycles. The standard InChI is InChI=1S/C14H20FNO2/c1-4-16(5-2)10-11(3)18-14(17)12-8-6-7-9-13(12)15/h6-9,11H,4-5,10H2,1-3H3/p+1/t11-/m1/s1. The third kappa shape index (κ3) is 4.11. The Hall–Kier alpha value is -1.42. The Labute approximate surface area is 108 Å². The van der Waals surface area contributed by atoms with Gasteiger partial charge in [-0.1, -0.05) is 12.1 Å². The maximum absolute atomic E-state index is 13.4. The summed E-state index contributed by atoms with van der Waals surface area (Å²) in [6, 6.07) is 5.88. The SMILES string of the molecule is CC[NH+](CC)C[C@@H](C)OC(=O)c1ccccc1F. The van der Waals surface area contributed by atoms with Crippen LogP contribution >= 0.6 is 0 Å². The molecule has 0 unspecified atom stereocenters. The molecule has 0 aliphatic heterocycles. The zero-order valence-corrected chi connectivity index (χ0v) is 11.2. The number of carbonyl (C=O) groups is 1. The quantitative estimate of drug-likeness (QED) is 0.776. The molecule has 1 rings (SSSR count). The van der Waals surface area contributed by atoms with Crippen molar-refractivity contribution < 1.29 is 18.8 Å². The highest BCUT2D eigenvalue weighted by atomic mass is 19.1. The Kier molecular flexibility index (Phi) is 5.78. The van der Waals surface area contributed by atoms with Crippen LogP contribution in [0.25, 0.3) is 0 Å². The van der Waals surface area contributed by atoms with Gasteiger partial charge in [-0.2, -0.15) is 0 Å². The normalized spacial score (nSPS) is 12.5. The Morgan fingerprint density at radius 3 is 2.50 bits per heavy atom. The number of hydrogen-bond acceptors (Lipinski definition) is 2. The smallest absolute Gasteiger partial charge is 0.341 e. The molecule has 1 N–H and O–H groups in total. The molecule has 3 nitrogen and oxygen atoms in total. The second kappa shape index (κ2) is 7.11. The number of halogens is 1. The molecule has 0 radical (unpaired) electrons. The molecule has 0 saturated carbocycles. The highest BCUT2D eigenvalue weighted by Gasteiger charge is 2.18. The third-order valence-electron chi connectivity index (χ3n) is 2.98. The van der Waals surface area contributed by atoms with Crippen LogP contribution in [0.15, 0.2) is 24.3 Å². The summed E-state index contributed by atoms with van der Waals surface area (Å²) >= 11 is 0. The monoisotopic (exact) mass is 254 g/mol. The maximum atomic E-state index is 13.4. The van der Waals surface area contributed by atoms with Gasteiger partial charge in [0.1, 0.15) is 18.5 Å².